The Morgan fingerprint density at radius 3 is 2.62 bits per heavy atom. The average Bonchev–Trinajstić information content (AvgIpc) is 2.19. The Balaban J connectivity index is 2.84. The van der Waals surface area contributed by atoms with Crippen molar-refractivity contribution >= 4 is 32.7 Å². The zero-order valence-electron chi connectivity index (χ0n) is 8.81. The van der Waals surface area contributed by atoms with Crippen LogP contribution in [-0.4, -0.2) is 19.6 Å². The van der Waals surface area contributed by atoms with E-state index in [2.05, 4.69) is 6.92 Å². The monoisotopic (exact) mass is 356 g/mol. The van der Waals surface area contributed by atoms with Crippen molar-refractivity contribution in [2.75, 3.05) is 6.61 Å². The molecule has 1 rings (SSSR count). The molecule has 0 spiro atoms. The lowest BCUT2D eigenvalue weighted by Gasteiger charge is -2.08. The first-order chi connectivity index (χ1) is 7.45. The molecule has 0 saturated heterocycles. The number of unbranched alkanes of at least 4 members (excludes halogenated alkanes) is 1. The summed E-state index contributed by atoms with van der Waals surface area (Å²) in [7, 11) is -4.13. The maximum absolute atomic E-state index is 10.9. The van der Waals surface area contributed by atoms with Gasteiger partial charge in [-0.3, -0.25) is 4.55 Å². The molecular formula is C10H13IO4S. The molecule has 0 radical (unpaired) electrons. The third kappa shape index (κ3) is 3.91. The first kappa shape index (κ1) is 13.7. The van der Waals surface area contributed by atoms with Gasteiger partial charge in [-0.2, -0.15) is 8.42 Å². The third-order valence-electron chi connectivity index (χ3n) is 1.96. The minimum Gasteiger partial charge on any atom is -0.492 e. The highest BCUT2D eigenvalue weighted by Gasteiger charge is 2.11. The van der Waals surface area contributed by atoms with E-state index in [4.69, 9.17) is 9.29 Å². The molecule has 90 valence electrons. The smallest absolute Gasteiger partial charge is 0.294 e. The van der Waals surface area contributed by atoms with E-state index < -0.39 is 10.1 Å². The molecule has 0 amide bonds. The molecule has 0 aliphatic carbocycles. The molecule has 0 fully saturated rings. The van der Waals surface area contributed by atoms with E-state index in [-0.39, 0.29) is 4.90 Å². The second-order valence-electron chi connectivity index (χ2n) is 3.27. The fourth-order valence-corrected chi connectivity index (χ4v) is 2.47. The van der Waals surface area contributed by atoms with E-state index in [1.54, 1.807) is 6.07 Å². The van der Waals surface area contributed by atoms with Gasteiger partial charge in [0.05, 0.1) is 15.1 Å². The predicted octanol–water partition coefficient (Wildman–Crippen LogP) is 2.72. The zero-order valence-corrected chi connectivity index (χ0v) is 11.8. The summed E-state index contributed by atoms with van der Waals surface area (Å²) in [5.74, 6) is 0.640. The summed E-state index contributed by atoms with van der Waals surface area (Å²) in [6.45, 7) is 2.67. The van der Waals surface area contributed by atoms with E-state index in [9.17, 15) is 8.42 Å². The van der Waals surface area contributed by atoms with Gasteiger partial charge in [0, 0.05) is 0 Å². The molecule has 0 unspecified atom stereocenters. The van der Waals surface area contributed by atoms with Gasteiger partial charge >= 0.3 is 0 Å². The molecule has 1 aromatic carbocycles. The number of hydrogen-bond acceptors (Lipinski definition) is 3. The zero-order chi connectivity index (χ0) is 12.2. The molecule has 0 bridgehead atoms. The second kappa shape index (κ2) is 5.83. The molecule has 1 N–H and O–H groups in total. The summed E-state index contributed by atoms with van der Waals surface area (Å²) in [6, 6.07) is 4.27. The molecule has 0 aliphatic rings. The number of ether oxygens (including phenoxy) is 1. The largest absolute Gasteiger partial charge is 0.492 e. The van der Waals surface area contributed by atoms with Gasteiger partial charge in [0.15, 0.2) is 0 Å². The van der Waals surface area contributed by atoms with Gasteiger partial charge in [0.2, 0.25) is 0 Å². The van der Waals surface area contributed by atoms with Crippen LogP contribution in [0.25, 0.3) is 0 Å². The quantitative estimate of drug-likeness (QED) is 0.501. The van der Waals surface area contributed by atoms with Crippen LogP contribution >= 0.6 is 22.6 Å². The normalized spacial score (nSPS) is 11.4. The molecular weight excluding hydrogens is 343 g/mol. The Hall–Kier alpha value is -0.340. The number of halogens is 1. The minimum absolute atomic E-state index is 0.111. The van der Waals surface area contributed by atoms with Crippen molar-refractivity contribution in [2.24, 2.45) is 0 Å². The van der Waals surface area contributed by atoms with Gasteiger partial charge in [-0.05, 0) is 47.2 Å². The Labute approximate surface area is 109 Å². The number of rotatable bonds is 5. The molecule has 0 aromatic heterocycles. The fourth-order valence-electron chi connectivity index (χ4n) is 1.09. The first-order valence-electron chi connectivity index (χ1n) is 4.85. The van der Waals surface area contributed by atoms with Gasteiger partial charge in [-0.1, -0.05) is 13.3 Å². The van der Waals surface area contributed by atoms with Crippen LogP contribution in [0.3, 0.4) is 0 Å². The Morgan fingerprint density at radius 1 is 1.44 bits per heavy atom. The van der Waals surface area contributed by atoms with Crippen molar-refractivity contribution in [3.05, 3.63) is 21.8 Å². The maximum atomic E-state index is 10.9. The molecule has 0 saturated carbocycles. The van der Waals surface area contributed by atoms with Crippen molar-refractivity contribution in [3.63, 3.8) is 0 Å². The predicted molar refractivity (Wildman–Crippen MR) is 69.4 cm³/mol. The Bertz CT molecular complexity index is 456. The van der Waals surface area contributed by atoms with Crippen LogP contribution in [-0.2, 0) is 10.1 Å². The molecule has 4 nitrogen and oxygen atoms in total. The third-order valence-corrected chi connectivity index (χ3v) is 3.65. The average molecular weight is 356 g/mol. The highest BCUT2D eigenvalue weighted by molar-refractivity contribution is 14.1. The van der Waals surface area contributed by atoms with Crippen LogP contribution in [0, 0.1) is 3.57 Å². The molecule has 0 heterocycles. The topological polar surface area (TPSA) is 63.6 Å². The van der Waals surface area contributed by atoms with Crippen LogP contribution in [0.5, 0.6) is 5.75 Å². The van der Waals surface area contributed by atoms with Crippen molar-refractivity contribution in [2.45, 2.75) is 24.7 Å². The van der Waals surface area contributed by atoms with Gasteiger partial charge in [-0.15, -0.1) is 0 Å². The summed E-state index contributed by atoms with van der Waals surface area (Å²) in [5.41, 5.74) is 0. The van der Waals surface area contributed by atoms with Gasteiger partial charge in [0.1, 0.15) is 5.75 Å². The van der Waals surface area contributed by atoms with Crippen LogP contribution in [0.1, 0.15) is 19.8 Å². The van der Waals surface area contributed by atoms with Gasteiger partial charge in [-0.25, -0.2) is 0 Å². The highest BCUT2D eigenvalue weighted by Crippen LogP contribution is 2.24. The van der Waals surface area contributed by atoms with E-state index in [0.717, 1.165) is 12.8 Å². The standard InChI is InChI=1S/C10H13IO4S/c1-2-3-6-15-10-5-4-8(7-9(10)11)16(12,13)14/h4-5,7H,2-3,6H2,1H3,(H,12,13,14). The maximum Gasteiger partial charge on any atom is 0.294 e. The van der Waals surface area contributed by atoms with Crippen LogP contribution in [0.2, 0.25) is 0 Å². The lowest BCUT2D eigenvalue weighted by Crippen LogP contribution is -2.01. The fraction of sp³-hybridized carbons (Fsp3) is 0.400. The molecule has 1 aromatic rings. The lowest BCUT2D eigenvalue weighted by molar-refractivity contribution is 0.307. The molecule has 16 heavy (non-hydrogen) atoms. The SMILES string of the molecule is CCCCOc1ccc(S(=O)(=O)O)cc1I. The van der Waals surface area contributed by atoms with Crippen molar-refractivity contribution < 1.29 is 17.7 Å². The van der Waals surface area contributed by atoms with E-state index in [1.807, 2.05) is 22.6 Å². The van der Waals surface area contributed by atoms with E-state index in [0.29, 0.717) is 15.9 Å². The summed E-state index contributed by atoms with van der Waals surface area (Å²) < 4.78 is 36.7. The highest BCUT2D eigenvalue weighted by atomic mass is 127. The number of hydrogen-bond donors (Lipinski definition) is 1. The van der Waals surface area contributed by atoms with E-state index >= 15 is 0 Å². The second-order valence-corrected chi connectivity index (χ2v) is 5.85. The lowest BCUT2D eigenvalue weighted by atomic mass is 10.3. The van der Waals surface area contributed by atoms with Crippen LogP contribution in [0.15, 0.2) is 23.1 Å². The first-order valence-corrected chi connectivity index (χ1v) is 7.37. The summed E-state index contributed by atoms with van der Waals surface area (Å²) in [5, 5.41) is 0. The summed E-state index contributed by atoms with van der Waals surface area (Å²) in [6.07, 6.45) is 2.00. The van der Waals surface area contributed by atoms with Gasteiger partial charge in [0.25, 0.3) is 10.1 Å². The van der Waals surface area contributed by atoms with E-state index in [1.165, 1.54) is 12.1 Å². The van der Waals surface area contributed by atoms with Crippen LogP contribution < -0.4 is 4.74 Å². The van der Waals surface area contributed by atoms with Crippen LogP contribution in [0.4, 0.5) is 0 Å². The summed E-state index contributed by atoms with van der Waals surface area (Å²) in [4.78, 5) is -0.111. The van der Waals surface area contributed by atoms with Gasteiger partial charge < -0.3 is 4.74 Å². The number of benzene rings is 1. The van der Waals surface area contributed by atoms with Crippen molar-refractivity contribution in [1.29, 1.82) is 0 Å². The Morgan fingerprint density at radius 2 is 2.12 bits per heavy atom. The van der Waals surface area contributed by atoms with Crippen molar-refractivity contribution in [1.82, 2.24) is 0 Å². The Kier molecular flexibility index (Phi) is 5.00. The minimum atomic E-state index is -4.13. The van der Waals surface area contributed by atoms with Crippen molar-refractivity contribution in [3.8, 4) is 5.75 Å². The molecule has 0 atom stereocenters. The summed E-state index contributed by atoms with van der Waals surface area (Å²) >= 11 is 1.98. The molecule has 0 aliphatic heterocycles. The molecule has 6 heteroatoms.